The molecule has 2 N–H and O–H groups in total. The van der Waals surface area contributed by atoms with Crippen molar-refractivity contribution in [3.05, 3.63) is 51.1 Å². The number of likely N-dealkylation sites (tertiary alicyclic amines) is 1. The van der Waals surface area contributed by atoms with Crippen molar-refractivity contribution in [2.75, 3.05) is 44.7 Å². The van der Waals surface area contributed by atoms with Crippen molar-refractivity contribution in [1.82, 2.24) is 24.9 Å². The van der Waals surface area contributed by atoms with E-state index in [0.29, 0.717) is 52.4 Å². The molecule has 0 bridgehead atoms. The van der Waals surface area contributed by atoms with Gasteiger partial charge in [-0.2, -0.15) is 0 Å². The van der Waals surface area contributed by atoms with E-state index in [1.165, 1.54) is 24.2 Å². The standard InChI is InChI=1S/C27H29ClN6O3S/c1-32-12-3-2-4-17(32)9-10-30-26(37)23-24(36)18-6-8-21(33-13-11-29-22(35)15-33)31-25(18)34-19-14-16(28)5-7-20(19)38-27(23)34/h5-8,14,17H,2-4,9-13,15H2,1H3,(H,29,35)(H,30,37). The topological polar surface area (TPSA) is 99.0 Å². The summed E-state index contributed by atoms with van der Waals surface area (Å²) >= 11 is 7.73. The molecule has 4 aromatic rings. The smallest absolute Gasteiger partial charge is 0.258 e. The zero-order valence-electron chi connectivity index (χ0n) is 21.1. The van der Waals surface area contributed by atoms with Gasteiger partial charge in [-0.05, 0) is 63.2 Å². The zero-order valence-corrected chi connectivity index (χ0v) is 22.7. The molecule has 1 unspecified atom stereocenters. The van der Waals surface area contributed by atoms with E-state index in [-0.39, 0.29) is 29.4 Å². The van der Waals surface area contributed by atoms with Gasteiger partial charge in [0.2, 0.25) is 11.3 Å². The Morgan fingerprint density at radius 3 is 2.89 bits per heavy atom. The fourth-order valence-electron chi connectivity index (χ4n) is 5.56. The first-order valence-electron chi connectivity index (χ1n) is 13.0. The average Bonchev–Trinajstić information content (AvgIpc) is 3.28. The van der Waals surface area contributed by atoms with Crippen LogP contribution in [0.2, 0.25) is 5.02 Å². The molecule has 198 valence electrons. The Morgan fingerprint density at radius 2 is 2.08 bits per heavy atom. The van der Waals surface area contributed by atoms with Crippen LogP contribution in [0.25, 0.3) is 26.1 Å². The van der Waals surface area contributed by atoms with Gasteiger partial charge in [-0.3, -0.25) is 18.8 Å². The number of halogens is 1. The van der Waals surface area contributed by atoms with Gasteiger partial charge in [-0.15, -0.1) is 11.3 Å². The molecule has 6 rings (SSSR count). The number of piperazine rings is 1. The molecule has 2 aliphatic rings. The van der Waals surface area contributed by atoms with Crippen molar-refractivity contribution in [1.29, 1.82) is 0 Å². The van der Waals surface area contributed by atoms with Crippen molar-refractivity contribution < 1.29 is 9.59 Å². The Hall–Kier alpha value is -3.21. The highest BCUT2D eigenvalue weighted by atomic mass is 35.5. The summed E-state index contributed by atoms with van der Waals surface area (Å²) in [5.74, 6) is 0.165. The highest BCUT2D eigenvalue weighted by molar-refractivity contribution is 7.24. The van der Waals surface area contributed by atoms with Crippen LogP contribution in [0.15, 0.2) is 35.1 Å². The second-order valence-electron chi connectivity index (χ2n) is 10.0. The number of thiazole rings is 1. The molecule has 1 atom stereocenters. The number of hydrogen-bond acceptors (Lipinski definition) is 7. The van der Waals surface area contributed by atoms with Crippen LogP contribution in [0.1, 0.15) is 36.0 Å². The Balaban J connectivity index is 1.44. The summed E-state index contributed by atoms with van der Waals surface area (Å²) in [6.07, 6.45) is 4.38. The predicted molar refractivity (Wildman–Crippen MR) is 152 cm³/mol. The number of hydrogen-bond donors (Lipinski definition) is 2. The highest BCUT2D eigenvalue weighted by Crippen LogP contribution is 2.33. The van der Waals surface area contributed by atoms with Gasteiger partial charge in [0.05, 0.1) is 22.1 Å². The van der Waals surface area contributed by atoms with Crippen LogP contribution < -0.4 is 21.0 Å². The van der Waals surface area contributed by atoms with Gasteiger partial charge in [-0.25, -0.2) is 4.98 Å². The number of carbonyl (C=O) groups excluding carboxylic acids is 2. The lowest BCUT2D eigenvalue weighted by atomic mass is 10.0. The number of benzene rings is 1. The number of carbonyl (C=O) groups is 2. The van der Waals surface area contributed by atoms with Crippen LogP contribution in [-0.4, -0.2) is 71.9 Å². The van der Waals surface area contributed by atoms with E-state index in [9.17, 15) is 14.4 Å². The summed E-state index contributed by atoms with van der Waals surface area (Å²) in [6, 6.07) is 9.41. The van der Waals surface area contributed by atoms with Crippen molar-refractivity contribution in [3.8, 4) is 0 Å². The minimum absolute atomic E-state index is 0.0698. The number of fused-ring (bicyclic) bond motifs is 5. The lowest BCUT2D eigenvalue weighted by Crippen LogP contribution is -2.48. The van der Waals surface area contributed by atoms with Crippen LogP contribution in [-0.2, 0) is 4.79 Å². The van der Waals surface area contributed by atoms with Crippen molar-refractivity contribution in [3.63, 3.8) is 0 Å². The molecule has 11 heteroatoms. The molecule has 0 spiro atoms. The van der Waals surface area contributed by atoms with Crippen LogP contribution in [0.4, 0.5) is 5.82 Å². The number of nitrogens with zero attached hydrogens (tertiary/aromatic N) is 4. The van der Waals surface area contributed by atoms with Gasteiger partial charge in [0, 0.05) is 30.7 Å². The molecule has 2 aliphatic heterocycles. The van der Waals surface area contributed by atoms with E-state index in [0.717, 1.165) is 29.6 Å². The molecular formula is C27H29ClN6O3S. The molecule has 9 nitrogen and oxygen atoms in total. The van der Waals surface area contributed by atoms with Crippen molar-refractivity contribution in [2.24, 2.45) is 0 Å². The van der Waals surface area contributed by atoms with Crippen molar-refractivity contribution in [2.45, 2.75) is 31.7 Å². The number of pyridine rings is 2. The maximum absolute atomic E-state index is 13.8. The third-order valence-corrected chi connectivity index (χ3v) is 8.98. The van der Waals surface area contributed by atoms with Gasteiger partial charge in [0.15, 0.2) is 5.65 Å². The second kappa shape index (κ2) is 10.2. The first-order valence-corrected chi connectivity index (χ1v) is 14.2. The number of amides is 2. The Labute approximate surface area is 228 Å². The molecule has 2 saturated heterocycles. The van der Waals surface area contributed by atoms with E-state index >= 15 is 0 Å². The maximum atomic E-state index is 13.8. The number of nitrogens with one attached hydrogen (secondary N) is 2. The minimum Gasteiger partial charge on any atom is -0.353 e. The Bertz CT molecular complexity index is 1630. The number of piperidine rings is 1. The molecule has 2 fully saturated rings. The average molecular weight is 553 g/mol. The van der Waals surface area contributed by atoms with Gasteiger partial charge < -0.3 is 20.4 Å². The molecule has 2 amide bonds. The largest absolute Gasteiger partial charge is 0.353 e. The molecule has 5 heterocycles. The first-order chi connectivity index (χ1) is 18.4. The van der Waals surface area contributed by atoms with E-state index in [4.69, 9.17) is 16.6 Å². The summed E-state index contributed by atoms with van der Waals surface area (Å²) < 4.78 is 2.75. The third kappa shape index (κ3) is 4.50. The molecule has 0 radical (unpaired) electrons. The van der Waals surface area contributed by atoms with E-state index in [2.05, 4.69) is 22.6 Å². The van der Waals surface area contributed by atoms with E-state index in [1.54, 1.807) is 18.2 Å². The predicted octanol–water partition coefficient (Wildman–Crippen LogP) is 3.26. The summed E-state index contributed by atoms with van der Waals surface area (Å²) in [5.41, 5.74) is 1.00. The molecular weight excluding hydrogens is 524 g/mol. The van der Waals surface area contributed by atoms with E-state index < -0.39 is 0 Å². The number of rotatable bonds is 5. The molecule has 3 aromatic heterocycles. The van der Waals surface area contributed by atoms with Crippen LogP contribution in [0.3, 0.4) is 0 Å². The summed E-state index contributed by atoms with van der Waals surface area (Å²) in [4.78, 5) is 48.9. The van der Waals surface area contributed by atoms with Gasteiger partial charge in [-0.1, -0.05) is 18.0 Å². The summed E-state index contributed by atoms with van der Waals surface area (Å²) in [5, 5.41) is 6.74. The van der Waals surface area contributed by atoms with Gasteiger partial charge in [0.25, 0.3) is 5.91 Å². The SMILES string of the molecule is CN1CCCCC1CCNC(=O)c1c(=O)c2ccc(N3CCNC(=O)C3)nc2n2c1sc1ccc(Cl)cc12. The summed E-state index contributed by atoms with van der Waals surface area (Å²) in [7, 11) is 2.13. The quantitative estimate of drug-likeness (QED) is 0.394. The number of anilines is 1. The van der Waals surface area contributed by atoms with E-state index in [1.807, 2.05) is 21.4 Å². The zero-order chi connectivity index (χ0) is 26.4. The van der Waals surface area contributed by atoms with Gasteiger partial charge in [0.1, 0.15) is 16.2 Å². The Kier molecular flexibility index (Phi) is 6.71. The second-order valence-corrected chi connectivity index (χ2v) is 11.5. The Morgan fingerprint density at radius 1 is 1.21 bits per heavy atom. The lowest BCUT2D eigenvalue weighted by molar-refractivity contribution is -0.120. The minimum atomic E-state index is -0.373. The van der Waals surface area contributed by atoms with Crippen LogP contribution in [0, 0.1) is 0 Å². The normalized spacial score (nSPS) is 18.8. The molecule has 38 heavy (non-hydrogen) atoms. The van der Waals surface area contributed by atoms with Crippen LogP contribution in [0.5, 0.6) is 0 Å². The molecule has 1 aromatic carbocycles. The van der Waals surface area contributed by atoms with Gasteiger partial charge >= 0.3 is 0 Å². The first kappa shape index (κ1) is 25.1. The number of aromatic nitrogens is 2. The fourth-order valence-corrected chi connectivity index (χ4v) is 6.89. The summed E-state index contributed by atoms with van der Waals surface area (Å²) in [6.45, 7) is 2.92. The monoisotopic (exact) mass is 552 g/mol. The molecule has 0 saturated carbocycles. The molecule has 0 aliphatic carbocycles. The third-order valence-electron chi connectivity index (χ3n) is 7.60. The van der Waals surface area contributed by atoms with Crippen LogP contribution >= 0.6 is 22.9 Å². The van der Waals surface area contributed by atoms with Crippen molar-refractivity contribution >= 4 is 66.7 Å². The highest BCUT2D eigenvalue weighted by Gasteiger charge is 2.25. The lowest BCUT2D eigenvalue weighted by Gasteiger charge is -2.32. The maximum Gasteiger partial charge on any atom is 0.258 e. The fraction of sp³-hybridized carbons (Fsp3) is 0.407.